The molecule has 3 rings (SSSR count). The SMILES string of the molecule is CSc1nc(C(=O)N[C@H]2COC[C@H]2Cc2cc(C)no2)cs1. The molecule has 2 aromatic rings. The average molecular weight is 339 g/mol. The highest BCUT2D eigenvalue weighted by Gasteiger charge is 2.31. The molecule has 3 heterocycles. The molecule has 8 heteroatoms. The Morgan fingerprint density at radius 3 is 3.09 bits per heavy atom. The molecule has 0 saturated carbocycles. The number of ether oxygens (including phenoxy) is 1. The van der Waals surface area contributed by atoms with Crippen LogP contribution in [0.3, 0.4) is 0 Å². The number of rotatable bonds is 5. The monoisotopic (exact) mass is 339 g/mol. The van der Waals surface area contributed by atoms with E-state index in [4.69, 9.17) is 9.26 Å². The van der Waals surface area contributed by atoms with E-state index in [-0.39, 0.29) is 17.9 Å². The summed E-state index contributed by atoms with van der Waals surface area (Å²) in [5.41, 5.74) is 1.33. The van der Waals surface area contributed by atoms with E-state index in [1.165, 1.54) is 23.1 Å². The van der Waals surface area contributed by atoms with Crippen LogP contribution in [0.15, 0.2) is 20.3 Å². The number of nitrogens with one attached hydrogen (secondary N) is 1. The van der Waals surface area contributed by atoms with E-state index in [1.807, 2.05) is 19.2 Å². The summed E-state index contributed by atoms with van der Waals surface area (Å²) in [4.78, 5) is 16.5. The Labute approximate surface area is 136 Å². The lowest BCUT2D eigenvalue weighted by Crippen LogP contribution is -2.40. The summed E-state index contributed by atoms with van der Waals surface area (Å²) in [6.07, 6.45) is 2.65. The average Bonchev–Trinajstić information content (AvgIpc) is 3.21. The number of hydrogen-bond acceptors (Lipinski definition) is 7. The van der Waals surface area contributed by atoms with Crippen molar-refractivity contribution < 1.29 is 14.1 Å². The summed E-state index contributed by atoms with van der Waals surface area (Å²) < 4.78 is 11.7. The Balaban J connectivity index is 1.61. The Hall–Kier alpha value is -1.38. The number of carbonyl (C=O) groups excluding carboxylic acids is 1. The molecule has 1 aliphatic rings. The minimum absolute atomic E-state index is 0.0302. The summed E-state index contributed by atoms with van der Waals surface area (Å²) in [6, 6.07) is 1.89. The van der Waals surface area contributed by atoms with Crippen molar-refractivity contribution in [2.45, 2.75) is 23.7 Å². The van der Waals surface area contributed by atoms with Crippen molar-refractivity contribution in [3.63, 3.8) is 0 Å². The van der Waals surface area contributed by atoms with Crippen LogP contribution in [0.5, 0.6) is 0 Å². The predicted molar refractivity (Wildman–Crippen MR) is 84.4 cm³/mol. The van der Waals surface area contributed by atoms with Crippen LogP contribution in [0, 0.1) is 12.8 Å². The Bertz CT molecular complexity index is 655. The van der Waals surface area contributed by atoms with Gasteiger partial charge in [-0.15, -0.1) is 11.3 Å². The van der Waals surface area contributed by atoms with Gasteiger partial charge in [0, 0.05) is 23.8 Å². The molecule has 0 aromatic carbocycles. The van der Waals surface area contributed by atoms with Crippen LogP contribution in [-0.4, -0.2) is 41.6 Å². The van der Waals surface area contributed by atoms with E-state index in [1.54, 1.807) is 5.38 Å². The van der Waals surface area contributed by atoms with Crippen molar-refractivity contribution in [1.29, 1.82) is 0 Å². The van der Waals surface area contributed by atoms with Crippen molar-refractivity contribution in [2.24, 2.45) is 5.92 Å². The first-order chi connectivity index (χ1) is 10.7. The molecule has 1 amide bonds. The van der Waals surface area contributed by atoms with Gasteiger partial charge in [0.2, 0.25) is 0 Å². The molecule has 1 aliphatic heterocycles. The van der Waals surface area contributed by atoms with E-state index in [2.05, 4.69) is 15.5 Å². The number of thioether (sulfide) groups is 1. The van der Waals surface area contributed by atoms with Gasteiger partial charge in [-0.05, 0) is 13.2 Å². The zero-order chi connectivity index (χ0) is 15.5. The molecule has 118 valence electrons. The molecule has 1 N–H and O–H groups in total. The van der Waals surface area contributed by atoms with Crippen molar-refractivity contribution >= 4 is 29.0 Å². The topological polar surface area (TPSA) is 77.2 Å². The fourth-order valence-corrected chi connectivity index (χ4v) is 3.67. The number of nitrogens with zero attached hydrogens (tertiary/aromatic N) is 2. The van der Waals surface area contributed by atoms with Crippen molar-refractivity contribution in [3.05, 3.63) is 28.6 Å². The van der Waals surface area contributed by atoms with Gasteiger partial charge >= 0.3 is 0 Å². The molecule has 2 aromatic heterocycles. The van der Waals surface area contributed by atoms with E-state index < -0.39 is 0 Å². The van der Waals surface area contributed by atoms with Crippen molar-refractivity contribution in [1.82, 2.24) is 15.5 Å². The van der Waals surface area contributed by atoms with Gasteiger partial charge in [-0.25, -0.2) is 4.98 Å². The number of thiazole rings is 1. The highest BCUT2D eigenvalue weighted by molar-refractivity contribution is 8.00. The quantitative estimate of drug-likeness (QED) is 0.841. The fraction of sp³-hybridized carbons (Fsp3) is 0.500. The van der Waals surface area contributed by atoms with Gasteiger partial charge in [0.1, 0.15) is 15.8 Å². The van der Waals surface area contributed by atoms with E-state index in [0.29, 0.717) is 25.3 Å². The third-order valence-corrected chi connectivity index (χ3v) is 5.41. The Morgan fingerprint density at radius 1 is 1.55 bits per heavy atom. The van der Waals surface area contributed by atoms with Crippen LogP contribution in [0.1, 0.15) is 21.9 Å². The third kappa shape index (κ3) is 3.50. The van der Waals surface area contributed by atoms with Crippen LogP contribution in [0.4, 0.5) is 0 Å². The van der Waals surface area contributed by atoms with Gasteiger partial charge in [-0.1, -0.05) is 16.9 Å². The maximum atomic E-state index is 12.3. The number of aryl methyl sites for hydroxylation is 1. The molecule has 6 nitrogen and oxygen atoms in total. The number of amides is 1. The van der Waals surface area contributed by atoms with Crippen molar-refractivity contribution in [2.75, 3.05) is 19.5 Å². The van der Waals surface area contributed by atoms with Gasteiger partial charge in [0.15, 0.2) is 0 Å². The minimum Gasteiger partial charge on any atom is -0.379 e. The molecule has 0 aliphatic carbocycles. The van der Waals surface area contributed by atoms with Gasteiger partial charge in [0.25, 0.3) is 5.91 Å². The van der Waals surface area contributed by atoms with Gasteiger partial charge in [0.05, 0.1) is 24.9 Å². The highest BCUT2D eigenvalue weighted by atomic mass is 32.2. The number of carbonyl (C=O) groups is 1. The Kier molecular flexibility index (Phi) is 4.80. The molecule has 2 atom stereocenters. The lowest BCUT2D eigenvalue weighted by Gasteiger charge is -2.17. The second-order valence-electron chi connectivity index (χ2n) is 5.22. The number of hydrogen-bond donors (Lipinski definition) is 1. The smallest absolute Gasteiger partial charge is 0.271 e. The molecule has 22 heavy (non-hydrogen) atoms. The molecule has 0 spiro atoms. The molecular weight excluding hydrogens is 322 g/mol. The second kappa shape index (κ2) is 6.80. The summed E-state index contributed by atoms with van der Waals surface area (Å²) >= 11 is 3.02. The predicted octanol–water partition coefficient (Wildman–Crippen LogP) is 2.15. The standard InChI is InChI=1S/C14H17N3O3S2/c1-8-3-10(20-17-8)4-9-5-19-6-11(9)15-13(18)12-7-22-14(16-12)21-2/h3,7,9,11H,4-6H2,1-2H3,(H,15,18)/t9-,11+/m1/s1. The molecule has 1 saturated heterocycles. The molecule has 0 unspecified atom stereocenters. The second-order valence-corrected chi connectivity index (χ2v) is 7.13. The van der Waals surface area contributed by atoms with Gasteiger partial charge in [-0.2, -0.15) is 0 Å². The number of aromatic nitrogens is 2. The summed E-state index contributed by atoms with van der Waals surface area (Å²) in [5.74, 6) is 0.867. The van der Waals surface area contributed by atoms with Crippen LogP contribution >= 0.6 is 23.1 Å². The summed E-state index contributed by atoms with van der Waals surface area (Å²) in [7, 11) is 0. The van der Waals surface area contributed by atoms with E-state index in [9.17, 15) is 4.79 Å². The first-order valence-corrected chi connectivity index (χ1v) is 9.06. The third-order valence-electron chi connectivity index (χ3n) is 3.55. The first kappa shape index (κ1) is 15.5. The normalized spacial score (nSPS) is 21.2. The largest absolute Gasteiger partial charge is 0.379 e. The van der Waals surface area contributed by atoms with Crippen molar-refractivity contribution in [3.8, 4) is 0 Å². The lowest BCUT2D eigenvalue weighted by atomic mass is 9.98. The molecular formula is C14H17N3O3S2. The highest BCUT2D eigenvalue weighted by Crippen LogP contribution is 2.22. The fourth-order valence-electron chi connectivity index (χ4n) is 2.43. The Morgan fingerprint density at radius 2 is 2.41 bits per heavy atom. The summed E-state index contributed by atoms with van der Waals surface area (Å²) in [6.45, 7) is 3.02. The van der Waals surface area contributed by atoms with Crippen LogP contribution in [0.2, 0.25) is 0 Å². The summed E-state index contributed by atoms with van der Waals surface area (Å²) in [5, 5.41) is 8.69. The maximum Gasteiger partial charge on any atom is 0.271 e. The van der Waals surface area contributed by atoms with Crippen LogP contribution in [-0.2, 0) is 11.2 Å². The molecule has 1 fully saturated rings. The van der Waals surface area contributed by atoms with E-state index in [0.717, 1.165) is 15.8 Å². The van der Waals surface area contributed by atoms with Gasteiger partial charge < -0.3 is 14.6 Å². The maximum absolute atomic E-state index is 12.3. The minimum atomic E-state index is -0.147. The lowest BCUT2D eigenvalue weighted by molar-refractivity contribution is 0.0919. The zero-order valence-corrected chi connectivity index (χ0v) is 14.0. The van der Waals surface area contributed by atoms with Gasteiger partial charge in [-0.3, -0.25) is 4.79 Å². The molecule has 0 radical (unpaired) electrons. The zero-order valence-electron chi connectivity index (χ0n) is 12.4. The first-order valence-electron chi connectivity index (χ1n) is 6.96. The van der Waals surface area contributed by atoms with Crippen LogP contribution in [0.25, 0.3) is 0 Å². The molecule has 0 bridgehead atoms. The van der Waals surface area contributed by atoms with Crippen LogP contribution < -0.4 is 5.32 Å². The van der Waals surface area contributed by atoms with E-state index >= 15 is 0 Å².